The highest BCUT2D eigenvalue weighted by atomic mass is 32.2. The molecule has 0 aliphatic heterocycles. The molecule has 2 aromatic heterocycles. The maximum atomic E-state index is 13.7. The molecule has 0 fully saturated rings. The Morgan fingerprint density at radius 3 is 2.72 bits per heavy atom. The zero-order valence-corrected chi connectivity index (χ0v) is 15.3. The third-order valence-electron chi connectivity index (χ3n) is 3.25. The number of sulfonamides is 1. The molecule has 25 heavy (non-hydrogen) atoms. The first kappa shape index (κ1) is 17.7. The molecule has 1 aromatic carbocycles. The van der Waals surface area contributed by atoms with Gasteiger partial charge in [-0.15, -0.1) is 22.7 Å². The lowest BCUT2D eigenvalue weighted by Gasteiger charge is -2.07. The summed E-state index contributed by atoms with van der Waals surface area (Å²) in [4.78, 5) is 17.0. The number of anilines is 1. The fourth-order valence-corrected chi connectivity index (χ4v) is 4.29. The smallest absolute Gasteiger partial charge is 0.257 e. The van der Waals surface area contributed by atoms with E-state index in [1.165, 1.54) is 35.8 Å². The predicted molar refractivity (Wildman–Crippen MR) is 96.0 cm³/mol. The molecule has 0 aliphatic rings. The summed E-state index contributed by atoms with van der Waals surface area (Å²) in [6.07, 6.45) is 0. The Morgan fingerprint density at radius 2 is 2.04 bits per heavy atom. The zero-order valence-electron chi connectivity index (χ0n) is 12.8. The second-order valence-electron chi connectivity index (χ2n) is 4.82. The molecular weight excluding hydrogens is 385 g/mol. The normalized spacial score (nSPS) is 11.4. The minimum atomic E-state index is -4.00. The number of benzene rings is 1. The molecule has 0 unspecified atom stereocenters. The number of aromatic nitrogens is 1. The second-order valence-corrected chi connectivity index (χ2v) is 8.48. The summed E-state index contributed by atoms with van der Waals surface area (Å²) in [5, 5.41) is 6.70. The highest BCUT2D eigenvalue weighted by Crippen LogP contribution is 2.28. The van der Waals surface area contributed by atoms with E-state index in [1.54, 1.807) is 0 Å². The van der Waals surface area contributed by atoms with Crippen LogP contribution in [0.2, 0.25) is 0 Å². The Kier molecular flexibility index (Phi) is 4.95. The molecule has 3 rings (SSSR count). The van der Waals surface area contributed by atoms with Gasteiger partial charge in [-0.2, -0.15) is 0 Å². The van der Waals surface area contributed by atoms with Crippen molar-refractivity contribution in [3.05, 3.63) is 52.5 Å². The number of hydrogen-bond acceptors (Lipinski definition) is 6. The van der Waals surface area contributed by atoms with Crippen molar-refractivity contribution in [2.75, 3.05) is 12.4 Å². The number of hydrogen-bond donors (Lipinski definition) is 2. The number of halogens is 1. The van der Waals surface area contributed by atoms with Crippen molar-refractivity contribution < 1.29 is 17.6 Å². The molecule has 0 aliphatic carbocycles. The molecule has 0 saturated carbocycles. The number of carbonyl (C=O) groups excluding carboxylic acids is 1. The van der Waals surface area contributed by atoms with Crippen molar-refractivity contribution >= 4 is 43.7 Å². The number of nitrogens with zero attached hydrogens (tertiary/aromatic N) is 1. The Bertz CT molecular complexity index is 1010. The van der Waals surface area contributed by atoms with Crippen molar-refractivity contribution in [3.63, 3.8) is 0 Å². The molecule has 0 saturated heterocycles. The quantitative estimate of drug-likeness (QED) is 0.692. The number of carbonyl (C=O) groups is 1. The van der Waals surface area contributed by atoms with E-state index in [0.717, 1.165) is 22.7 Å². The standard InChI is InChI=1S/C15H12FN3O3S3/c1-17-25(21,22)13-7-9(4-5-10(13)16)14(20)19-15-18-11(8-24-15)12-3-2-6-23-12/h2-8,17H,1H3,(H,18,19,20). The van der Waals surface area contributed by atoms with Gasteiger partial charge in [-0.05, 0) is 36.7 Å². The Hall–Kier alpha value is -2.14. The molecule has 130 valence electrons. The van der Waals surface area contributed by atoms with E-state index in [-0.39, 0.29) is 5.56 Å². The van der Waals surface area contributed by atoms with Gasteiger partial charge in [0.05, 0.1) is 10.6 Å². The summed E-state index contributed by atoms with van der Waals surface area (Å²) >= 11 is 2.78. The van der Waals surface area contributed by atoms with E-state index >= 15 is 0 Å². The van der Waals surface area contributed by atoms with E-state index in [9.17, 15) is 17.6 Å². The van der Waals surface area contributed by atoms with Crippen LogP contribution < -0.4 is 10.0 Å². The molecule has 2 heterocycles. The van der Waals surface area contributed by atoms with Crippen molar-refractivity contribution in [2.24, 2.45) is 0 Å². The maximum absolute atomic E-state index is 13.7. The van der Waals surface area contributed by atoms with Crippen LogP contribution in [-0.4, -0.2) is 26.4 Å². The highest BCUT2D eigenvalue weighted by molar-refractivity contribution is 7.89. The van der Waals surface area contributed by atoms with E-state index in [1.807, 2.05) is 27.6 Å². The summed E-state index contributed by atoms with van der Waals surface area (Å²) in [6, 6.07) is 6.97. The third kappa shape index (κ3) is 3.76. The summed E-state index contributed by atoms with van der Waals surface area (Å²) in [5.41, 5.74) is 0.760. The van der Waals surface area contributed by atoms with Gasteiger partial charge in [0.1, 0.15) is 10.7 Å². The highest BCUT2D eigenvalue weighted by Gasteiger charge is 2.20. The minimum absolute atomic E-state index is 0.0168. The van der Waals surface area contributed by atoms with Gasteiger partial charge in [0.25, 0.3) is 5.91 Å². The number of nitrogens with one attached hydrogen (secondary N) is 2. The van der Waals surface area contributed by atoms with Gasteiger partial charge in [0.15, 0.2) is 5.13 Å². The van der Waals surface area contributed by atoms with Gasteiger partial charge in [0.2, 0.25) is 10.0 Å². The predicted octanol–water partition coefficient (Wildman–Crippen LogP) is 3.17. The maximum Gasteiger partial charge on any atom is 0.257 e. The van der Waals surface area contributed by atoms with Crippen LogP contribution in [-0.2, 0) is 10.0 Å². The van der Waals surface area contributed by atoms with E-state index in [0.29, 0.717) is 5.13 Å². The van der Waals surface area contributed by atoms with Gasteiger partial charge < -0.3 is 0 Å². The SMILES string of the molecule is CNS(=O)(=O)c1cc(C(=O)Nc2nc(-c3cccs3)cs2)ccc1F. The number of amides is 1. The summed E-state index contributed by atoms with van der Waals surface area (Å²) in [5.74, 6) is -1.50. The van der Waals surface area contributed by atoms with Crippen LogP contribution in [0, 0.1) is 5.82 Å². The number of thiazole rings is 1. The van der Waals surface area contributed by atoms with Crippen LogP contribution >= 0.6 is 22.7 Å². The van der Waals surface area contributed by atoms with Gasteiger partial charge in [0, 0.05) is 10.9 Å². The first-order valence-electron chi connectivity index (χ1n) is 6.94. The van der Waals surface area contributed by atoms with Crippen LogP contribution in [0.5, 0.6) is 0 Å². The molecule has 0 radical (unpaired) electrons. The largest absolute Gasteiger partial charge is 0.298 e. The monoisotopic (exact) mass is 397 g/mol. The molecule has 6 nitrogen and oxygen atoms in total. The van der Waals surface area contributed by atoms with Crippen molar-refractivity contribution in [2.45, 2.75) is 4.90 Å². The first-order valence-corrected chi connectivity index (χ1v) is 10.2. The summed E-state index contributed by atoms with van der Waals surface area (Å²) in [6.45, 7) is 0. The first-order chi connectivity index (χ1) is 11.9. The third-order valence-corrected chi connectivity index (χ3v) is 6.33. The second kappa shape index (κ2) is 7.00. The lowest BCUT2D eigenvalue weighted by Crippen LogP contribution is -2.21. The zero-order chi connectivity index (χ0) is 18.0. The van der Waals surface area contributed by atoms with Crippen LogP contribution in [0.3, 0.4) is 0 Å². The van der Waals surface area contributed by atoms with Gasteiger partial charge in [-0.25, -0.2) is 22.5 Å². The van der Waals surface area contributed by atoms with E-state index in [4.69, 9.17) is 0 Å². The number of rotatable bonds is 5. The fraction of sp³-hybridized carbons (Fsp3) is 0.0667. The van der Waals surface area contributed by atoms with Crippen LogP contribution in [0.4, 0.5) is 9.52 Å². The molecular formula is C15H12FN3O3S3. The molecule has 0 atom stereocenters. The van der Waals surface area contributed by atoms with Crippen LogP contribution in [0.15, 0.2) is 46.0 Å². The van der Waals surface area contributed by atoms with Crippen LogP contribution in [0.1, 0.15) is 10.4 Å². The Morgan fingerprint density at radius 1 is 1.24 bits per heavy atom. The van der Waals surface area contributed by atoms with Gasteiger partial charge >= 0.3 is 0 Å². The van der Waals surface area contributed by atoms with E-state index in [2.05, 4.69) is 10.3 Å². The van der Waals surface area contributed by atoms with Crippen molar-refractivity contribution in [3.8, 4) is 10.6 Å². The molecule has 1 amide bonds. The Balaban J connectivity index is 1.84. The average molecular weight is 397 g/mol. The van der Waals surface area contributed by atoms with E-state index < -0.39 is 26.6 Å². The molecule has 2 N–H and O–H groups in total. The lowest BCUT2D eigenvalue weighted by atomic mass is 10.2. The molecule has 10 heteroatoms. The van der Waals surface area contributed by atoms with Crippen molar-refractivity contribution in [1.29, 1.82) is 0 Å². The summed E-state index contributed by atoms with van der Waals surface area (Å²) in [7, 11) is -2.83. The molecule has 3 aromatic rings. The van der Waals surface area contributed by atoms with Gasteiger partial charge in [-0.1, -0.05) is 6.07 Å². The molecule has 0 spiro atoms. The number of thiophene rings is 1. The lowest BCUT2D eigenvalue weighted by molar-refractivity contribution is 0.102. The minimum Gasteiger partial charge on any atom is -0.298 e. The van der Waals surface area contributed by atoms with Crippen molar-refractivity contribution in [1.82, 2.24) is 9.71 Å². The molecule has 0 bridgehead atoms. The average Bonchev–Trinajstić information content (AvgIpc) is 3.26. The van der Waals surface area contributed by atoms with Crippen LogP contribution in [0.25, 0.3) is 10.6 Å². The Labute approximate surface area is 151 Å². The van der Waals surface area contributed by atoms with Gasteiger partial charge in [-0.3, -0.25) is 10.1 Å². The topological polar surface area (TPSA) is 88.2 Å². The fourth-order valence-electron chi connectivity index (χ4n) is 2.00. The summed E-state index contributed by atoms with van der Waals surface area (Å²) < 4.78 is 39.4.